The standard InChI is InChI=1S/C26H24F3N5O2S/c1-16-9-21-23(30-13-16)36-25(6-7-25)15-33(37(21)35)14-20-11-18(4-3-17(20)2)10-19-5-8-34-22(12-19)31-32-24(34)26(27,28)29/h3-5,8-9,11-13H,6-7,10,14-15H2,1-2H3. The van der Waals surface area contributed by atoms with E-state index in [-0.39, 0.29) is 11.2 Å². The van der Waals surface area contributed by atoms with E-state index < -0.39 is 23.0 Å². The van der Waals surface area contributed by atoms with Crippen molar-refractivity contribution in [1.82, 2.24) is 23.9 Å². The van der Waals surface area contributed by atoms with Gasteiger partial charge in [0.1, 0.15) is 21.5 Å². The number of hydrogen-bond acceptors (Lipinski definition) is 5. The van der Waals surface area contributed by atoms with Crippen molar-refractivity contribution in [2.24, 2.45) is 0 Å². The predicted molar refractivity (Wildman–Crippen MR) is 130 cm³/mol. The molecule has 7 nitrogen and oxygen atoms in total. The Morgan fingerprint density at radius 1 is 1.08 bits per heavy atom. The Morgan fingerprint density at radius 3 is 2.62 bits per heavy atom. The first-order chi connectivity index (χ1) is 17.6. The number of benzene rings is 1. The second kappa shape index (κ2) is 8.63. The first-order valence-corrected chi connectivity index (χ1v) is 13.0. The van der Waals surface area contributed by atoms with Gasteiger partial charge in [-0.15, -0.1) is 10.2 Å². The van der Waals surface area contributed by atoms with Gasteiger partial charge in [-0.25, -0.2) is 13.5 Å². The summed E-state index contributed by atoms with van der Waals surface area (Å²) in [5, 5.41) is 6.99. The molecule has 3 aromatic heterocycles. The average molecular weight is 528 g/mol. The van der Waals surface area contributed by atoms with Crippen molar-refractivity contribution < 1.29 is 22.1 Å². The fourth-order valence-electron chi connectivity index (χ4n) is 4.67. The maximum Gasteiger partial charge on any atom is 0.452 e. The summed E-state index contributed by atoms with van der Waals surface area (Å²) < 4.78 is 62.1. The van der Waals surface area contributed by atoms with Gasteiger partial charge in [0, 0.05) is 18.9 Å². The molecule has 0 bridgehead atoms. The number of hydrogen-bond donors (Lipinski definition) is 0. The van der Waals surface area contributed by atoms with Gasteiger partial charge in [0.05, 0.1) is 6.54 Å². The lowest BCUT2D eigenvalue weighted by Gasteiger charge is -2.23. The first-order valence-electron chi connectivity index (χ1n) is 11.9. The molecule has 37 heavy (non-hydrogen) atoms. The van der Waals surface area contributed by atoms with E-state index in [0.717, 1.165) is 45.1 Å². The Morgan fingerprint density at radius 2 is 1.86 bits per heavy atom. The van der Waals surface area contributed by atoms with E-state index in [1.807, 2.05) is 36.4 Å². The average Bonchev–Trinajstić information content (AvgIpc) is 3.48. The van der Waals surface area contributed by atoms with Crippen LogP contribution < -0.4 is 4.74 Å². The number of aryl methyl sites for hydroxylation is 2. The summed E-state index contributed by atoms with van der Waals surface area (Å²) in [6.45, 7) is 4.96. The van der Waals surface area contributed by atoms with E-state index >= 15 is 0 Å². The second-order valence-corrected chi connectivity index (χ2v) is 11.3. The third-order valence-corrected chi connectivity index (χ3v) is 8.26. The Kier molecular flexibility index (Phi) is 5.61. The molecule has 4 aromatic rings. The van der Waals surface area contributed by atoms with Gasteiger partial charge in [0.2, 0.25) is 11.7 Å². The van der Waals surface area contributed by atoms with Crippen LogP contribution >= 0.6 is 0 Å². The largest absolute Gasteiger partial charge is 0.469 e. The molecule has 1 fully saturated rings. The van der Waals surface area contributed by atoms with E-state index in [9.17, 15) is 17.4 Å². The van der Waals surface area contributed by atoms with E-state index in [1.165, 1.54) is 6.20 Å². The number of nitrogens with zero attached hydrogens (tertiary/aromatic N) is 5. The van der Waals surface area contributed by atoms with E-state index in [0.29, 0.717) is 30.3 Å². The summed E-state index contributed by atoms with van der Waals surface area (Å²) in [4.78, 5) is 5.00. The Labute approximate surface area is 213 Å². The van der Waals surface area contributed by atoms with Gasteiger partial charge < -0.3 is 4.74 Å². The van der Waals surface area contributed by atoms with Crippen LogP contribution in [0.15, 0.2) is 53.7 Å². The van der Waals surface area contributed by atoms with Gasteiger partial charge in [-0.1, -0.05) is 18.2 Å². The molecule has 1 atom stereocenters. The van der Waals surface area contributed by atoms with Crippen molar-refractivity contribution >= 4 is 16.6 Å². The van der Waals surface area contributed by atoms with Gasteiger partial charge >= 0.3 is 6.18 Å². The van der Waals surface area contributed by atoms with Gasteiger partial charge in [-0.2, -0.15) is 13.2 Å². The minimum atomic E-state index is -4.57. The molecule has 4 heterocycles. The van der Waals surface area contributed by atoms with E-state index in [2.05, 4.69) is 21.2 Å². The van der Waals surface area contributed by atoms with Gasteiger partial charge in [-0.3, -0.25) is 4.40 Å². The van der Waals surface area contributed by atoms with Crippen molar-refractivity contribution in [3.8, 4) is 5.88 Å². The van der Waals surface area contributed by atoms with Crippen LogP contribution in [0, 0.1) is 13.8 Å². The van der Waals surface area contributed by atoms with Crippen LogP contribution in [0.25, 0.3) is 5.65 Å². The maximum atomic E-state index is 13.6. The molecule has 0 saturated heterocycles. The number of aromatic nitrogens is 4. The highest BCUT2D eigenvalue weighted by Crippen LogP contribution is 2.45. The predicted octanol–water partition coefficient (Wildman–Crippen LogP) is 4.80. The SMILES string of the molecule is Cc1cnc2c(c1)S(=O)N(Cc1cc(Cc3ccn4c(C(F)(F)F)nnc4c3)ccc1C)CC1(CC1)O2. The van der Waals surface area contributed by atoms with E-state index in [4.69, 9.17) is 4.74 Å². The number of halogens is 3. The smallest absolute Gasteiger partial charge is 0.452 e. The summed E-state index contributed by atoms with van der Waals surface area (Å²) in [5.74, 6) is -0.589. The molecule has 192 valence electrons. The number of alkyl halides is 3. The van der Waals surface area contributed by atoms with Gasteiger partial charge in [-0.05, 0) is 79.1 Å². The van der Waals surface area contributed by atoms with Crippen molar-refractivity contribution in [2.75, 3.05) is 6.54 Å². The minimum Gasteiger partial charge on any atom is -0.469 e. The minimum absolute atomic E-state index is 0.148. The van der Waals surface area contributed by atoms with Crippen LogP contribution in [0.3, 0.4) is 0 Å². The molecule has 6 rings (SSSR count). The van der Waals surface area contributed by atoms with Crippen LogP contribution in [0.5, 0.6) is 5.88 Å². The second-order valence-electron chi connectivity index (χ2n) is 9.87. The Hall–Kier alpha value is -3.31. The normalized spacial score (nSPS) is 19.0. The Bertz CT molecular complexity index is 1550. The molecular formula is C26H24F3N5O2S. The molecule has 1 unspecified atom stereocenters. The lowest BCUT2D eigenvalue weighted by Crippen LogP contribution is -2.35. The molecule has 1 saturated carbocycles. The van der Waals surface area contributed by atoms with Crippen LogP contribution in [-0.2, 0) is 30.1 Å². The number of rotatable bonds is 4. The summed E-state index contributed by atoms with van der Waals surface area (Å²) in [7, 11) is -1.43. The molecule has 0 N–H and O–H groups in total. The molecule has 1 spiro atoms. The van der Waals surface area contributed by atoms with Crippen molar-refractivity contribution in [2.45, 2.75) is 56.3 Å². The summed E-state index contributed by atoms with van der Waals surface area (Å²) in [6.07, 6.45) is 0.827. The van der Waals surface area contributed by atoms with Crippen LogP contribution in [0.1, 0.15) is 46.5 Å². The van der Waals surface area contributed by atoms with Crippen molar-refractivity contribution in [3.05, 3.63) is 82.4 Å². The van der Waals surface area contributed by atoms with Crippen LogP contribution in [0.4, 0.5) is 13.2 Å². The van der Waals surface area contributed by atoms with Crippen molar-refractivity contribution in [3.63, 3.8) is 0 Å². The fourth-order valence-corrected chi connectivity index (χ4v) is 6.09. The lowest BCUT2D eigenvalue weighted by atomic mass is 10.00. The molecule has 0 amide bonds. The van der Waals surface area contributed by atoms with Crippen LogP contribution in [0.2, 0.25) is 0 Å². The molecule has 1 aromatic carbocycles. The molecule has 1 aliphatic heterocycles. The van der Waals surface area contributed by atoms with Gasteiger partial charge in [0.15, 0.2) is 5.65 Å². The quantitative estimate of drug-likeness (QED) is 0.381. The lowest BCUT2D eigenvalue weighted by molar-refractivity contribution is -0.145. The zero-order chi connectivity index (χ0) is 25.9. The fraction of sp³-hybridized carbons (Fsp3) is 0.346. The molecule has 1 aliphatic carbocycles. The highest BCUT2D eigenvalue weighted by atomic mass is 32.2. The highest BCUT2D eigenvalue weighted by Gasteiger charge is 2.50. The third-order valence-electron chi connectivity index (χ3n) is 6.86. The number of pyridine rings is 2. The number of fused-ring (bicyclic) bond motifs is 2. The highest BCUT2D eigenvalue weighted by molar-refractivity contribution is 7.82. The summed E-state index contributed by atoms with van der Waals surface area (Å²) in [6, 6.07) is 11.2. The van der Waals surface area contributed by atoms with Crippen LogP contribution in [-0.4, -0.2) is 40.2 Å². The Balaban J connectivity index is 1.27. The van der Waals surface area contributed by atoms with Crippen molar-refractivity contribution in [1.29, 1.82) is 0 Å². The molecule has 0 radical (unpaired) electrons. The third kappa shape index (κ3) is 4.61. The molecule has 11 heteroatoms. The maximum absolute atomic E-state index is 13.6. The summed E-state index contributed by atoms with van der Waals surface area (Å²) >= 11 is 0. The number of ether oxygens (including phenoxy) is 1. The molecule has 2 aliphatic rings. The first kappa shape index (κ1) is 24.1. The topological polar surface area (TPSA) is 72.6 Å². The monoisotopic (exact) mass is 527 g/mol. The summed E-state index contributed by atoms with van der Waals surface area (Å²) in [5.41, 5.74) is 4.65. The zero-order valence-electron chi connectivity index (χ0n) is 20.2. The zero-order valence-corrected chi connectivity index (χ0v) is 21.1. The van der Waals surface area contributed by atoms with E-state index in [1.54, 1.807) is 18.3 Å². The molecular weight excluding hydrogens is 503 g/mol. The van der Waals surface area contributed by atoms with Gasteiger partial charge in [0.25, 0.3) is 0 Å².